The standard InChI is InChI=1S/C12H16N4O3/c1-12(2,3)8-5-13-9(19-8)6-16-7-14-10(15-16)11(17)18-4/h5,7H,6H2,1-4H3. The molecule has 0 aliphatic rings. The van der Waals surface area contributed by atoms with Crippen LogP contribution in [-0.2, 0) is 16.7 Å². The van der Waals surface area contributed by atoms with E-state index < -0.39 is 5.97 Å². The summed E-state index contributed by atoms with van der Waals surface area (Å²) < 4.78 is 11.6. The van der Waals surface area contributed by atoms with Crippen molar-refractivity contribution < 1.29 is 13.9 Å². The van der Waals surface area contributed by atoms with Gasteiger partial charge in [-0.1, -0.05) is 20.8 Å². The quantitative estimate of drug-likeness (QED) is 0.779. The zero-order valence-electron chi connectivity index (χ0n) is 11.4. The van der Waals surface area contributed by atoms with E-state index in [1.54, 1.807) is 6.20 Å². The number of aromatic nitrogens is 4. The number of carbonyl (C=O) groups is 1. The van der Waals surface area contributed by atoms with Crippen molar-refractivity contribution >= 4 is 5.97 Å². The summed E-state index contributed by atoms with van der Waals surface area (Å²) in [5.41, 5.74) is -0.0925. The molecular weight excluding hydrogens is 248 g/mol. The largest absolute Gasteiger partial charge is 0.463 e. The van der Waals surface area contributed by atoms with Crippen LogP contribution in [0.1, 0.15) is 43.0 Å². The second kappa shape index (κ2) is 4.83. The summed E-state index contributed by atoms with van der Waals surface area (Å²) in [7, 11) is 1.28. The Kier molecular flexibility index (Phi) is 3.37. The first-order chi connectivity index (χ1) is 8.90. The third-order valence-corrected chi connectivity index (χ3v) is 2.49. The fourth-order valence-corrected chi connectivity index (χ4v) is 1.42. The molecule has 0 radical (unpaired) electrons. The van der Waals surface area contributed by atoms with Crippen molar-refractivity contribution in [2.45, 2.75) is 32.7 Å². The lowest BCUT2D eigenvalue weighted by Gasteiger charge is -2.13. The fourth-order valence-electron chi connectivity index (χ4n) is 1.42. The first kappa shape index (κ1) is 13.3. The molecular formula is C12H16N4O3. The Bertz CT molecular complexity index is 580. The van der Waals surface area contributed by atoms with Gasteiger partial charge in [-0.3, -0.25) is 0 Å². The highest BCUT2D eigenvalue weighted by Gasteiger charge is 2.19. The van der Waals surface area contributed by atoms with Crippen molar-refractivity contribution in [2.24, 2.45) is 0 Å². The first-order valence-electron chi connectivity index (χ1n) is 5.83. The SMILES string of the molecule is COC(=O)c1ncn(Cc2ncc(C(C)(C)C)o2)n1. The molecule has 0 unspecified atom stereocenters. The van der Waals surface area contributed by atoms with Crippen LogP contribution in [0.5, 0.6) is 0 Å². The number of nitrogens with zero attached hydrogens (tertiary/aromatic N) is 4. The molecule has 0 atom stereocenters. The van der Waals surface area contributed by atoms with Crippen LogP contribution < -0.4 is 0 Å². The lowest BCUT2D eigenvalue weighted by Crippen LogP contribution is -2.09. The summed E-state index contributed by atoms with van der Waals surface area (Å²) in [5, 5.41) is 3.98. The van der Waals surface area contributed by atoms with Crippen LogP contribution >= 0.6 is 0 Å². The van der Waals surface area contributed by atoms with Gasteiger partial charge in [0, 0.05) is 5.41 Å². The van der Waals surface area contributed by atoms with Crippen LogP contribution in [0.25, 0.3) is 0 Å². The molecule has 7 heteroatoms. The Hall–Kier alpha value is -2.18. The van der Waals surface area contributed by atoms with Gasteiger partial charge in [0.05, 0.1) is 13.3 Å². The Balaban J connectivity index is 2.11. The minimum atomic E-state index is -0.568. The van der Waals surface area contributed by atoms with Crippen molar-refractivity contribution in [2.75, 3.05) is 7.11 Å². The van der Waals surface area contributed by atoms with Crippen LogP contribution in [0.15, 0.2) is 16.9 Å². The first-order valence-corrected chi connectivity index (χ1v) is 5.83. The van der Waals surface area contributed by atoms with Gasteiger partial charge >= 0.3 is 5.97 Å². The van der Waals surface area contributed by atoms with Crippen molar-refractivity contribution in [3.63, 3.8) is 0 Å². The zero-order valence-corrected chi connectivity index (χ0v) is 11.4. The van der Waals surface area contributed by atoms with Gasteiger partial charge < -0.3 is 9.15 Å². The normalized spacial score (nSPS) is 11.6. The number of hydrogen-bond acceptors (Lipinski definition) is 6. The Morgan fingerprint density at radius 1 is 1.42 bits per heavy atom. The topological polar surface area (TPSA) is 83.0 Å². The van der Waals surface area contributed by atoms with Gasteiger partial charge in [0.25, 0.3) is 5.82 Å². The molecule has 0 spiro atoms. The van der Waals surface area contributed by atoms with Gasteiger partial charge in [0.2, 0.25) is 5.89 Å². The highest BCUT2D eigenvalue weighted by atomic mass is 16.5. The van der Waals surface area contributed by atoms with Gasteiger partial charge in [0.15, 0.2) is 0 Å². The average molecular weight is 264 g/mol. The smallest absolute Gasteiger partial charge is 0.377 e. The Labute approximate surface area is 110 Å². The molecule has 0 aromatic carbocycles. The number of rotatable bonds is 3. The monoisotopic (exact) mass is 264 g/mol. The van der Waals surface area contributed by atoms with Crippen LogP contribution in [0.4, 0.5) is 0 Å². The molecule has 0 aliphatic heterocycles. The van der Waals surface area contributed by atoms with Gasteiger partial charge in [-0.15, -0.1) is 5.10 Å². The van der Waals surface area contributed by atoms with Crippen molar-refractivity contribution in [3.8, 4) is 0 Å². The lowest BCUT2D eigenvalue weighted by molar-refractivity contribution is 0.0586. The van der Waals surface area contributed by atoms with Gasteiger partial charge in [-0.2, -0.15) is 0 Å². The van der Waals surface area contributed by atoms with Crippen LogP contribution in [-0.4, -0.2) is 32.8 Å². The molecule has 0 fully saturated rings. The minimum absolute atomic E-state index is 0.0186. The second-order valence-electron chi connectivity index (χ2n) is 5.13. The van der Waals surface area contributed by atoms with E-state index in [-0.39, 0.29) is 11.2 Å². The molecule has 0 N–H and O–H groups in total. The summed E-state index contributed by atoms with van der Waals surface area (Å²) in [6.07, 6.45) is 3.14. The maximum absolute atomic E-state index is 11.2. The van der Waals surface area contributed by atoms with E-state index in [1.165, 1.54) is 18.1 Å². The van der Waals surface area contributed by atoms with Crippen LogP contribution in [0.2, 0.25) is 0 Å². The number of carbonyl (C=O) groups excluding carboxylic acids is 1. The Morgan fingerprint density at radius 3 is 2.74 bits per heavy atom. The molecule has 2 heterocycles. The molecule has 0 amide bonds. The predicted molar refractivity (Wildman–Crippen MR) is 65.7 cm³/mol. The summed E-state index contributed by atoms with van der Waals surface area (Å²) in [6.45, 7) is 6.45. The molecule has 2 aromatic heterocycles. The van der Waals surface area contributed by atoms with E-state index in [0.29, 0.717) is 12.4 Å². The van der Waals surface area contributed by atoms with E-state index in [1.807, 2.05) is 20.8 Å². The fraction of sp³-hybridized carbons (Fsp3) is 0.500. The molecule has 7 nitrogen and oxygen atoms in total. The molecule has 19 heavy (non-hydrogen) atoms. The lowest BCUT2D eigenvalue weighted by atomic mass is 9.94. The van der Waals surface area contributed by atoms with Crippen molar-refractivity contribution in [1.82, 2.24) is 19.7 Å². The predicted octanol–water partition coefficient (Wildman–Crippen LogP) is 1.40. The molecule has 102 valence electrons. The maximum atomic E-state index is 11.2. The van der Waals surface area contributed by atoms with E-state index >= 15 is 0 Å². The number of oxazole rings is 1. The summed E-state index contributed by atoms with van der Waals surface area (Å²) >= 11 is 0. The van der Waals surface area contributed by atoms with Crippen molar-refractivity contribution in [1.29, 1.82) is 0 Å². The number of hydrogen-bond donors (Lipinski definition) is 0. The summed E-state index contributed by atoms with van der Waals surface area (Å²) in [5.74, 6) is 0.772. The van der Waals surface area contributed by atoms with E-state index in [9.17, 15) is 4.79 Å². The second-order valence-corrected chi connectivity index (χ2v) is 5.13. The average Bonchev–Trinajstić information content (AvgIpc) is 2.97. The molecule has 2 aromatic rings. The highest BCUT2D eigenvalue weighted by molar-refractivity contribution is 5.84. The van der Waals surface area contributed by atoms with Gasteiger partial charge in [0.1, 0.15) is 18.6 Å². The van der Waals surface area contributed by atoms with Crippen molar-refractivity contribution in [3.05, 3.63) is 30.0 Å². The molecule has 2 rings (SSSR count). The van der Waals surface area contributed by atoms with Crippen LogP contribution in [0.3, 0.4) is 0 Å². The maximum Gasteiger partial charge on any atom is 0.377 e. The summed E-state index contributed by atoms with van der Waals surface area (Å²) in [6, 6.07) is 0. The highest BCUT2D eigenvalue weighted by Crippen LogP contribution is 2.22. The molecule has 0 saturated heterocycles. The van der Waals surface area contributed by atoms with E-state index in [2.05, 4.69) is 19.8 Å². The number of esters is 1. The van der Waals surface area contributed by atoms with E-state index in [4.69, 9.17) is 4.42 Å². The minimum Gasteiger partial charge on any atom is -0.463 e. The zero-order chi connectivity index (χ0) is 14.0. The van der Waals surface area contributed by atoms with Gasteiger partial charge in [-0.05, 0) is 0 Å². The molecule has 0 saturated carbocycles. The van der Waals surface area contributed by atoms with Crippen LogP contribution in [0, 0.1) is 0 Å². The third-order valence-electron chi connectivity index (χ3n) is 2.49. The Morgan fingerprint density at radius 2 is 2.16 bits per heavy atom. The summed E-state index contributed by atoms with van der Waals surface area (Å²) in [4.78, 5) is 19.2. The molecule has 0 bridgehead atoms. The van der Waals surface area contributed by atoms with E-state index in [0.717, 1.165) is 5.76 Å². The van der Waals surface area contributed by atoms with Gasteiger partial charge in [-0.25, -0.2) is 19.4 Å². The third kappa shape index (κ3) is 2.98. The molecule has 0 aliphatic carbocycles. The number of ether oxygens (including phenoxy) is 1. The number of methoxy groups -OCH3 is 1.